The molecule has 0 unspecified atom stereocenters. The number of rotatable bonds is 3. The fraction of sp³-hybridized carbons (Fsp3) is 0.0435. The summed E-state index contributed by atoms with van der Waals surface area (Å²) >= 11 is 0. The summed E-state index contributed by atoms with van der Waals surface area (Å²) < 4.78 is 20.6. The van der Waals surface area contributed by atoms with Gasteiger partial charge in [-0.05, 0) is 54.6 Å². The quantitative estimate of drug-likeness (QED) is 0.428. The van der Waals surface area contributed by atoms with Crippen LogP contribution in [0.4, 0.5) is 4.39 Å². The van der Waals surface area contributed by atoms with Crippen LogP contribution in [0.3, 0.4) is 0 Å². The third-order valence-corrected chi connectivity index (χ3v) is 4.85. The molecule has 0 aliphatic rings. The number of nitrogens with zero attached hydrogens (tertiary/aromatic N) is 3. The van der Waals surface area contributed by atoms with Crippen molar-refractivity contribution in [3.63, 3.8) is 0 Å². The minimum Gasteiger partial charge on any atom is -0.497 e. The highest BCUT2D eigenvalue weighted by molar-refractivity contribution is 6.08. The van der Waals surface area contributed by atoms with Gasteiger partial charge in [0.25, 0.3) is 0 Å². The molecule has 0 N–H and O–H groups in total. The Balaban J connectivity index is 1.84. The van der Waals surface area contributed by atoms with Gasteiger partial charge in [0, 0.05) is 22.5 Å². The first-order valence-electron chi connectivity index (χ1n) is 8.91. The normalized spacial score (nSPS) is 11.2. The summed E-state index contributed by atoms with van der Waals surface area (Å²) in [7, 11) is 1.64. The molecule has 5 rings (SSSR count). The van der Waals surface area contributed by atoms with Crippen LogP contribution in [0, 0.1) is 5.82 Å². The predicted molar refractivity (Wildman–Crippen MR) is 108 cm³/mol. The average Bonchev–Trinajstić information content (AvgIpc) is 3.14. The molecule has 0 spiro atoms. The van der Waals surface area contributed by atoms with Crippen molar-refractivity contribution in [1.82, 2.24) is 14.8 Å². The highest BCUT2D eigenvalue weighted by Crippen LogP contribution is 2.34. The maximum atomic E-state index is 13.5. The summed E-state index contributed by atoms with van der Waals surface area (Å²) in [5.41, 5.74) is 4.41. The van der Waals surface area contributed by atoms with Crippen molar-refractivity contribution in [3.05, 3.63) is 84.8 Å². The monoisotopic (exact) mass is 369 g/mol. The van der Waals surface area contributed by atoms with Crippen LogP contribution in [-0.2, 0) is 0 Å². The summed E-state index contributed by atoms with van der Waals surface area (Å²) in [6.07, 6.45) is 1.85. The first-order chi connectivity index (χ1) is 13.7. The molecular weight excluding hydrogens is 353 g/mol. The highest BCUT2D eigenvalue weighted by Gasteiger charge is 2.17. The second kappa shape index (κ2) is 6.46. The Morgan fingerprint density at radius 2 is 1.61 bits per heavy atom. The molecule has 5 heteroatoms. The van der Waals surface area contributed by atoms with E-state index >= 15 is 0 Å². The van der Waals surface area contributed by atoms with Crippen LogP contribution < -0.4 is 4.74 Å². The largest absolute Gasteiger partial charge is 0.497 e. The lowest BCUT2D eigenvalue weighted by Crippen LogP contribution is -1.97. The third kappa shape index (κ3) is 2.60. The molecule has 4 nitrogen and oxygen atoms in total. The number of benzene rings is 3. The summed E-state index contributed by atoms with van der Waals surface area (Å²) in [5.74, 6) is 0.511. The molecule has 0 atom stereocenters. The maximum absolute atomic E-state index is 13.5. The molecular formula is C23H16FN3O. The molecule has 0 aliphatic heterocycles. The summed E-state index contributed by atoms with van der Waals surface area (Å²) in [5, 5.41) is 6.81. The van der Waals surface area contributed by atoms with Gasteiger partial charge in [0.15, 0.2) is 0 Å². The van der Waals surface area contributed by atoms with E-state index in [-0.39, 0.29) is 5.82 Å². The smallest absolute Gasteiger partial charge is 0.123 e. The van der Waals surface area contributed by atoms with Crippen molar-refractivity contribution in [1.29, 1.82) is 0 Å². The van der Waals surface area contributed by atoms with Crippen molar-refractivity contribution in [2.24, 2.45) is 0 Å². The molecule has 0 fully saturated rings. The van der Waals surface area contributed by atoms with Crippen molar-refractivity contribution in [2.45, 2.75) is 0 Å². The molecule has 0 saturated heterocycles. The Kier molecular flexibility index (Phi) is 3.79. The summed E-state index contributed by atoms with van der Waals surface area (Å²) in [6, 6.07) is 22.1. The molecule has 0 aliphatic carbocycles. The molecule has 2 aromatic heterocycles. The molecule has 0 bridgehead atoms. The van der Waals surface area contributed by atoms with Gasteiger partial charge >= 0.3 is 0 Å². The number of aromatic nitrogens is 3. The minimum absolute atomic E-state index is 0.276. The maximum Gasteiger partial charge on any atom is 0.123 e. The van der Waals surface area contributed by atoms with Crippen molar-refractivity contribution in [2.75, 3.05) is 7.11 Å². The molecule has 0 saturated carbocycles. The first-order valence-corrected chi connectivity index (χ1v) is 8.91. The van der Waals surface area contributed by atoms with Gasteiger partial charge in [-0.3, -0.25) is 4.98 Å². The molecule has 28 heavy (non-hydrogen) atoms. The number of fused-ring (bicyclic) bond motifs is 3. The van der Waals surface area contributed by atoms with Crippen molar-refractivity contribution in [3.8, 4) is 22.7 Å². The Hall–Kier alpha value is -3.73. The number of ether oxygens (including phenoxy) is 1. The topological polar surface area (TPSA) is 39.9 Å². The van der Waals surface area contributed by atoms with E-state index < -0.39 is 0 Å². The standard InChI is InChI=1S/C23H16FN3O/c1-28-18-12-6-15(7-13-18)22-20-14-25-21-5-3-2-4-19(21)23(20)27(26-22)17-10-8-16(24)9-11-17/h2-14H,1H3. The van der Waals surface area contributed by atoms with Crippen molar-refractivity contribution >= 4 is 21.8 Å². The number of hydrogen-bond donors (Lipinski definition) is 0. The van der Waals surface area contributed by atoms with Crippen molar-refractivity contribution < 1.29 is 9.13 Å². The number of hydrogen-bond acceptors (Lipinski definition) is 3. The Bertz CT molecular complexity index is 1290. The molecule has 0 radical (unpaired) electrons. The predicted octanol–water partition coefficient (Wildman–Crippen LogP) is 5.39. The summed E-state index contributed by atoms with van der Waals surface area (Å²) in [4.78, 5) is 4.61. The van der Waals surface area contributed by atoms with Gasteiger partial charge in [-0.1, -0.05) is 18.2 Å². The molecule has 136 valence electrons. The van der Waals surface area contributed by atoms with E-state index in [1.807, 2.05) is 59.4 Å². The van der Waals surface area contributed by atoms with Gasteiger partial charge in [0.2, 0.25) is 0 Å². The molecule has 3 aromatic carbocycles. The van der Waals surface area contributed by atoms with E-state index in [0.29, 0.717) is 0 Å². The van der Waals surface area contributed by atoms with Gasteiger partial charge in [0.1, 0.15) is 17.3 Å². The lowest BCUT2D eigenvalue weighted by Gasteiger charge is -2.05. The van der Waals surface area contributed by atoms with Crippen LogP contribution in [0.25, 0.3) is 38.8 Å². The number of methoxy groups -OCH3 is 1. The zero-order chi connectivity index (χ0) is 19.1. The summed E-state index contributed by atoms with van der Waals surface area (Å²) in [6.45, 7) is 0. The van der Waals surface area contributed by atoms with Crippen LogP contribution in [0.5, 0.6) is 5.75 Å². The average molecular weight is 369 g/mol. The second-order valence-corrected chi connectivity index (χ2v) is 6.50. The van der Waals surface area contributed by atoms with Crippen LogP contribution in [0.1, 0.15) is 0 Å². The van der Waals surface area contributed by atoms with E-state index in [0.717, 1.165) is 44.5 Å². The number of para-hydroxylation sites is 1. The van der Waals surface area contributed by atoms with Crippen LogP contribution in [0.15, 0.2) is 79.0 Å². The van der Waals surface area contributed by atoms with E-state index in [1.54, 1.807) is 19.2 Å². The fourth-order valence-electron chi connectivity index (χ4n) is 3.46. The Morgan fingerprint density at radius 1 is 0.857 bits per heavy atom. The second-order valence-electron chi connectivity index (χ2n) is 6.50. The highest BCUT2D eigenvalue weighted by atomic mass is 19.1. The SMILES string of the molecule is COc1ccc(-c2nn(-c3ccc(F)cc3)c3c2cnc2ccccc23)cc1. The third-order valence-electron chi connectivity index (χ3n) is 4.85. The van der Waals surface area contributed by atoms with Crippen LogP contribution in [-0.4, -0.2) is 21.9 Å². The van der Waals surface area contributed by atoms with Gasteiger partial charge in [-0.2, -0.15) is 5.10 Å². The van der Waals surface area contributed by atoms with E-state index in [2.05, 4.69) is 4.98 Å². The van der Waals surface area contributed by atoms with Gasteiger partial charge in [0.05, 0.1) is 23.8 Å². The fourth-order valence-corrected chi connectivity index (χ4v) is 3.46. The Labute approximate surface area is 160 Å². The van der Waals surface area contributed by atoms with Gasteiger partial charge < -0.3 is 4.74 Å². The van der Waals surface area contributed by atoms with Crippen LogP contribution in [0.2, 0.25) is 0 Å². The van der Waals surface area contributed by atoms with Gasteiger partial charge in [-0.25, -0.2) is 9.07 Å². The van der Waals surface area contributed by atoms with E-state index in [1.165, 1.54) is 12.1 Å². The lowest BCUT2D eigenvalue weighted by atomic mass is 10.1. The Morgan fingerprint density at radius 3 is 2.36 bits per heavy atom. The lowest BCUT2D eigenvalue weighted by molar-refractivity contribution is 0.415. The number of pyridine rings is 1. The van der Waals surface area contributed by atoms with Crippen LogP contribution >= 0.6 is 0 Å². The zero-order valence-corrected chi connectivity index (χ0v) is 15.1. The zero-order valence-electron chi connectivity index (χ0n) is 15.1. The van der Waals surface area contributed by atoms with Gasteiger partial charge in [-0.15, -0.1) is 0 Å². The molecule has 0 amide bonds. The molecule has 5 aromatic rings. The minimum atomic E-state index is -0.276. The van der Waals surface area contributed by atoms with E-state index in [4.69, 9.17) is 9.84 Å². The first kappa shape index (κ1) is 16.4. The van der Waals surface area contributed by atoms with E-state index in [9.17, 15) is 4.39 Å². The number of halogens is 1. The molecule has 2 heterocycles.